The molecule has 0 aromatic carbocycles. The molecule has 1 atom stereocenters. The van der Waals surface area contributed by atoms with Gasteiger partial charge in [-0.25, -0.2) is 9.59 Å². The van der Waals surface area contributed by atoms with E-state index < -0.39 is 11.9 Å². The summed E-state index contributed by atoms with van der Waals surface area (Å²) in [5.74, 6) is -1.11. The number of carbonyl (C=O) groups excluding carboxylic acids is 2. The summed E-state index contributed by atoms with van der Waals surface area (Å²) in [6, 6.07) is 0. The van der Waals surface area contributed by atoms with Crippen molar-refractivity contribution in [3.63, 3.8) is 0 Å². The lowest BCUT2D eigenvalue weighted by Gasteiger charge is -2.01. The highest BCUT2D eigenvalue weighted by molar-refractivity contribution is 6.13. The Hall–Kier alpha value is -1.42. The van der Waals surface area contributed by atoms with Crippen molar-refractivity contribution in [2.24, 2.45) is 0 Å². The van der Waals surface area contributed by atoms with Crippen LogP contribution in [0.25, 0.3) is 0 Å². The molecule has 94 valence electrons. The van der Waals surface area contributed by atoms with Crippen LogP contribution in [0.1, 0.15) is 39.5 Å². The highest BCUT2D eigenvalue weighted by Crippen LogP contribution is 2.18. The molecule has 0 bridgehead atoms. The Morgan fingerprint density at radius 3 is 2.53 bits per heavy atom. The van der Waals surface area contributed by atoms with Gasteiger partial charge < -0.3 is 9.84 Å². The number of unbranched alkanes of at least 4 members (excludes halogenated alkanes) is 2. The van der Waals surface area contributed by atoms with Gasteiger partial charge in [-0.15, -0.1) is 0 Å². The van der Waals surface area contributed by atoms with Crippen molar-refractivity contribution in [1.29, 1.82) is 0 Å². The Morgan fingerprint density at radius 2 is 2.00 bits per heavy atom. The topological polar surface area (TPSA) is 63.6 Å². The number of aliphatic hydroxyl groups is 1. The predicted molar refractivity (Wildman–Crippen MR) is 63.1 cm³/mol. The van der Waals surface area contributed by atoms with Crippen LogP contribution < -0.4 is 0 Å². The molecule has 0 radical (unpaired) electrons. The van der Waals surface area contributed by atoms with Gasteiger partial charge in [-0.05, 0) is 33.1 Å². The van der Waals surface area contributed by atoms with E-state index in [4.69, 9.17) is 5.11 Å². The molecule has 17 heavy (non-hydrogen) atoms. The highest BCUT2D eigenvalue weighted by atomic mass is 16.6. The van der Waals surface area contributed by atoms with Crippen LogP contribution in [-0.4, -0.2) is 23.1 Å². The van der Waals surface area contributed by atoms with E-state index in [0.29, 0.717) is 11.1 Å². The van der Waals surface area contributed by atoms with Crippen molar-refractivity contribution in [3.05, 3.63) is 23.3 Å². The van der Waals surface area contributed by atoms with E-state index in [2.05, 4.69) is 4.74 Å². The minimum Gasteiger partial charge on any atom is -0.393 e. The molecule has 1 rings (SSSR count). The molecule has 0 amide bonds. The maximum absolute atomic E-state index is 11.2. The number of hydrogen-bond acceptors (Lipinski definition) is 4. The van der Waals surface area contributed by atoms with E-state index >= 15 is 0 Å². The normalized spacial score (nSPS) is 18.1. The first-order valence-corrected chi connectivity index (χ1v) is 5.84. The highest BCUT2D eigenvalue weighted by Gasteiger charge is 2.27. The van der Waals surface area contributed by atoms with E-state index in [1.807, 2.05) is 6.08 Å². The minimum absolute atomic E-state index is 0.258. The summed E-state index contributed by atoms with van der Waals surface area (Å²) < 4.78 is 4.46. The van der Waals surface area contributed by atoms with E-state index in [1.54, 1.807) is 19.9 Å². The summed E-state index contributed by atoms with van der Waals surface area (Å²) in [6.07, 6.45) is 6.76. The summed E-state index contributed by atoms with van der Waals surface area (Å²) in [5, 5.41) is 9.06. The predicted octanol–water partition coefficient (Wildman–Crippen LogP) is 1.88. The largest absolute Gasteiger partial charge is 0.393 e. The van der Waals surface area contributed by atoms with E-state index in [0.717, 1.165) is 25.7 Å². The lowest BCUT2D eigenvalue weighted by Crippen LogP contribution is -2.01. The molecule has 0 fully saturated rings. The monoisotopic (exact) mass is 238 g/mol. The molecule has 1 heterocycles. The molecule has 4 heteroatoms. The number of cyclic esters (lactones) is 2. The maximum atomic E-state index is 11.2. The molecule has 0 saturated carbocycles. The van der Waals surface area contributed by atoms with Crippen LogP contribution >= 0.6 is 0 Å². The van der Waals surface area contributed by atoms with E-state index in [-0.39, 0.29) is 6.10 Å². The Kier molecular flexibility index (Phi) is 5.10. The number of ether oxygens (including phenoxy) is 1. The van der Waals surface area contributed by atoms with Crippen molar-refractivity contribution in [2.75, 3.05) is 0 Å². The molecule has 0 unspecified atom stereocenters. The van der Waals surface area contributed by atoms with Crippen LogP contribution in [0.3, 0.4) is 0 Å². The fourth-order valence-electron chi connectivity index (χ4n) is 1.57. The number of rotatable bonds is 6. The zero-order chi connectivity index (χ0) is 12.8. The third-order valence-corrected chi connectivity index (χ3v) is 2.64. The Morgan fingerprint density at radius 1 is 1.29 bits per heavy atom. The summed E-state index contributed by atoms with van der Waals surface area (Å²) in [7, 11) is 0. The standard InChI is InChI=1S/C13H18O4/c1-9(14)7-5-3-4-6-8-11-10(2)12(15)17-13(11)16/h6,8-9,14H,3-5,7H2,1-2H3/b8-6+/t9-/m0/s1. The number of carbonyl (C=O) groups is 2. The van der Waals surface area contributed by atoms with Gasteiger partial charge in [0.05, 0.1) is 11.7 Å². The second kappa shape index (κ2) is 6.35. The second-order valence-corrected chi connectivity index (χ2v) is 4.25. The molecule has 0 saturated heterocycles. The van der Waals surface area contributed by atoms with Crippen molar-refractivity contribution in [1.82, 2.24) is 0 Å². The van der Waals surface area contributed by atoms with Gasteiger partial charge in [0.15, 0.2) is 0 Å². The lowest BCUT2D eigenvalue weighted by molar-refractivity contribution is -0.150. The van der Waals surface area contributed by atoms with Crippen molar-refractivity contribution >= 4 is 11.9 Å². The lowest BCUT2D eigenvalue weighted by atomic mass is 10.1. The smallest absolute Gasteiger partial charge is 0.346 e. The summed E-state index contributed by atoms with van der Waals surface area (Å²) in [5.41, 5.74) is 0.723. The zero-order valence-electron chi connectivity index (χ0n) is 10.2. The van der Waals surface area contributed by atoms with Crippen LogP contribution in [0.4, 0.5) is 0 Å². The SMILES string of the molecule is CC1=C(/C=C/CCCC[C@H](C)O)C(=O)OC1=O. The number of aliphatic hydroxyl groups excluding tert-OH is 1. The fourth-order valence-corrected chi connectivity index (χ4v) is 1.57. The van der Waals surface area contributed by atoms with Crippen molar-refractivity contribution in [2.45, 2.75) is 45.6 Å². The van der Waals surface area contributed by atoms with Gasteiger partial charge in [-0.1, -0.05) is 18.6 Å². The van der Waals surface area contributed by atoms with Gasteiger partial charge in [0.1, 0.15) is 0 Å². The van der Waals surface area contributed by atoms with E-state index in [9.17, 15) is 9.59 Å². The first-order valence-electron chi connectivity index (χ1n) is 5.84. The Balaban J connectivity index is 2.34. The number of allylic oxidation sites excluding steroid dienone is 1. The summed E-state index contributed by atoms with van der Waals surface area (Å²) >= 11 is 0. The minimum atomic E-state index is -0.562. The molecular formula is C13H18O4. The Labute approximate surface area is 101 Å². The van der Waals surface area contributed by atoms with Crippen molar-refractivity contribution < 1.29 is 19.4 Å². The Bertz CT molecular complexity index is 364. The van der Waals surface area contributed by atoms with Gasteiger partial charge in [0.2, 0.25) is 0 Å². The molecule has 0 aromatic rings. The first kappa shape index (κ1) is 13.6. The molecule has 4 nitrogen and oxygen atoms in total. The molecule has 1 aliphatic heterocycles. The zero-order valence-corrected chi connectivity index (χ0v) is 10.2. The van der Waals surface area contributed by atoms with Crippen molar-refractivity contribution in [3.8, 4) is 0 Å². The van der Waals surface area contributed by atoms with Crippen LogP contribution in [-0.2, 0) is 14.3 Å². The van der Waals surface area contributed by atoms with Crippen LogP contribution in [0.2, 0.25) is 0 Å². The van der Waals surface area contributed by atoms with Gasteiger partial charge in [0, 0.05) is 5.57 Å². The molecule has 1 N–H and O–H groups in total. The third-order valence-electron chi connectivity index (χ3n) is 2.64. The average Bonchev–Trinajstić information content (AvgIpc) is 2.48. The summed E-state index contributed by atoms with van der Waals surface area (Å²) in [4.78, 5) is 22.3. The number of hydrogen-bond donors (Lipinski definition) is 1. The summed E-state index contributed by atoms with van der Waals surface area (Å²) in [6.45, 7) is 3.35. The number of esters is 2. The third kappa shape index (κ3) is 4.15. The second-order valence-electron chi connectivity index (χ2n) is 4.25. The average molecular weight is 238 g/mol. The van der Waals surface area contributed by atoms with Gasteiger partial charge >= 0.3 is 11.9 Å². The van der Waals surface area contributed by atoms with Crippen LogP contribution in [0.5, 0.6) is 0 Å². The molecule has 0 aromatic heterocycles. The molecule has 0 aliphatic carbocycles. The fraction of sp³-hybridized carbons (Fsp3) is 0.538. The van der Waals surface area contributed by atoms with Crippen LogP contribution in [0, 0.1) is 0 Å². The van der Waals surface area contributed by atoms with Gasteiger partial charge in [0.25, 0.3) is 0 Å². The quantitative estimate of drug-likeness (QED) is 0.436. The maximum Gasteiger partial charge on any atom is 0.346 e. The van der Waals surface area contributed by atoms with E-state index in [1.165, 1.54) is 0 Å². The molecule has 1 aliphatic rings. The van der Waals surface area contributed by atoms with Crippen LogP contribution in [0.15, 0.2) is 23.3 Å². The van der Waals surface area contributed by atoms with Gasteiger partial charge in [-0.3, -0.25) is 0 Å². The van der Waals surface area contributed by atoms with Gasteiger partial charge in [-0.2, -0.15) is 0 Å². The first-order chi connectivity index (χ1) is 8.02. The molecular weight excluding hydrogens is 220 g/mol. The molecule has 0 spiro atoms.